The molecule has 17 heavy (non-hydrogen) atoms. The Bertz CT molecular complexity index is 540. The molecular weight excluding hydrogens is 252 g/mol. The molecule has 0 aliphatic rings. The summed E-state index contributed by atoms with van der Waals surface area (Å²) < 4.78 is 0. The van der Waals surface area contributed by atoms with E-state index in [4.69, 9.17) is 11.0 Å². The molecule has 0 aliphatic heterocycles. The molecule has 88 valence electrons. The van der Waals surface area contributed by atoms with Crippen LogP contribution in [-0.2, 0) is 0 Å². The van der Waals surface area contributed by atoms with Gasteiger partial charge in [-0.15, -0.1) is 23.7 Å². The molecule has 2 aromatic rings. The van der Waals surface area contributed by atoms with Crippen molar-refractivity contribution in [1.82, 2.24) is 0 Å². The van der Waals surface area contributed by atoms with Crippen molar-refractivity contribution in [2.75, 3.05) is 5.73 Å². The number of anilines is 1. The minimum Gasteiger partial charge on any atom is -0.398 e. The first kappa shape index (κ1) is 13.6. The average Bonchev–Trinajstić information content (AvgIpc) is 2.77. The standard InChI is InChI=1S/C13H12N2S.ClH/c1-9(10-4-2-3-5-12(10)15)11-6-7-16-13(11)8-14;/h2-7,9H,15H2,1H3;1H. The van der Waals surface area contributed by atoms with Crippen molar-refractivity contribution in [2.24, 2.45) is 0 Å². The van der Waals surface area contributed by atoms with Crippen molar-refractivity contribution >= 4 is 29.4 Å². The van der Waals surface area contributed by atoms with Crippen molar-refractivity contribution in [1.29, 1.82) is 5.26 Å². The smallest absolute Gasteiger partial charge is 0.110 e. The zero-order valence-electron chi connectivity index (χ0n) is 9.38. The molecule has 0 saturated carbocycles. The molecule has 1 aromatic carbocycles. The van der Waals surface area contributed by atoms with Gasteiger partial charge in [0.1, 0.15) is 10.9 Å². The van der Waals surface area contributed by atoms with Crippen molar-refractivity contribution in [3.8, 4) is 6.07 Å². The monoisotopic (exact) mass is 264 g/mol. The van der Waals surface area contributed by atoms with Crippen LogP contribution in [0, 0.1) is 11.3 Å². The van der Waals surface area contributed by atoms with E-state index >= 15 is 0 Å². The normalized spacial score (nSPS) is 11.3. The van der Waals surface area contributed by atoms with E-state index in [-0.39, 0.29) is 18.3 Å². The third-order valence-corrected chi connectivity index (χ3v) is 3.56. The molecule has 0 radical (unpaired) electrons. The van der Waals surface area contributed by atoms with Gasteiger partial charge in [0.25, 0.3) is 0 Å². The Labute approximate surface area is 111 Å². The molecule has 2 N–H and O–H groups in total. The summed E-state index contributed by atoms with van der Waals surface area (Å²) in [4.78, 5) is 0.774. The Morgan fingerprint density at radius 1 is 1.24 bits per heavy atom. The van der Waals surface area contributed by atoms with Crippen LogP contribution in [0.3, 0.4) is 0 Å². The van der Waals surface area contributed by atoms with Gasteiger partial charge in [0.2, 0.25) is 0 Å². The van der Waals surface area contributed by atoms with Crippen LogP contribution < -0.4 is 5.73 Å². The first-order valence-corrected chi connectivity index (χ1v) is 5.94. The van der Waals surface area contributed by atoms with Crippen molar-refractivity contribution in [3.63, 3.8) is 0 Å². The van der Waals surface area contributed by atoms with Gasteiger partial charge >= 0.3 is 0 Å². The summed E-state index contributed by atoms with van der Waals surface area (Å²) in [5, 5.41) is 10.9. The molecule has 2 nitrogen and oxygen atoms in total. The third-order valence-electron chi connectivity index (χ3n) is 2.73. The number of nitrogen functional groups attached to an aromatic ring is 1. The summed E-state index contributed by atoms with van der Waals surface area (Å²) >= 11 is 1.48. The van der Waals surface area contributed by atoms with E-state index in [2.05, 4.69) is 13.0 Å². The highest BCUT2D eigenvalue weighted by Gasteiger charge is 2.15. The summed E-state index contributed by atoms with van der Waals surface area (Å²) in [6, 6.07) is 12.0. The Morgan fingerprint density at radius 2 is 1.94 bits per heavy atom. The topological polar surface area (TPSA) is 49.8 Å². The van der Waals surface area contributed by atoms with Crippen LogP contribution in [0.5, 0.6) is 0 Å². The van der Waals surface area contributed by atoms with E-state index in [1.54, 1.807) is 0 Å². The molecule has 1 aromatic heterocycles. The van der Waals surface area contributed by atoms with Crippen LogP contribution in [0.4, 0.5) is 5.69 Å². The highest BCUT2D eigenvalue weighted by atomic mass is 35.5. The molecule has 0 saturated heterocycles. The van der Waals surface area contributed by atoms with Gasteiger partial charge in [0, 0.05) is 11.6 Å². The lowest BCUT2D eigenvalue weighted by atomic mass is 9.92. The summed E-state index contributed by atoms with van der Waals surface area (Å²) in [7, 11) is 0. The number of hydrogen-bond acceptors (Lipinski definition) is 3. The molecule has 0 aliphatic carbocycles. The summed E-state index contributed by atoms with van der Waals surface area (Å²) in [5.41, 5.74) is 8.86. The Kier molecular flexibility index (Phi) is 4.56. The molecule has 0 fully saturated rings. The van der Waals surface area contributed by atoms with Gasteiger partial charge in [-0.1, -0.05) is 25.1 Å². The molecule has 1 heterocycles. The Balaban J connectivity index is 0.00000144. The molecule has 2 rings (SSSR count). The predicted molar refractivity (Wildman–Crippen MR) is 74.7 cm³/mol. The molecule has 0 bridgehead atoms. The van der Waals surface area contributed by atoms with Crippen LogP contribution >= 0.6 is 23.7 Å². The SMILES string of the molecule is CC(c1ccccc1N)c1ccsc1C#N.Cl. The van der Waals surface area contributed by atoms with Crippen LogP contribution in [0.15, 0.2) is 35.7 Å². The fourth-order valence-electron chi connectivity index (χ4n) is 1.82. The maximum Gasteiger partial charge on any atom is 0.110 e. The second-order valence-electron chi connectivity index (χ2n) is 3.67. The Hall–Kier alpha value is -1.50. The van der Waals surface area contributed by atoms with Gasteiger partial charge in [0.15, 0.2) is 0 Å². The van der Waals surface area contributed by atoms with E-state index in [0.29, 0.717) is 0 Å². The molecular formula is C13H13ClN2S. The van der Waals surface area contributed by atoms with E-state index < -0.39 is 0 Å². The average molecular weight is 265 g/mol. The van der Waals surface area contributed by atoms with Gasteiger partial charge in [-0.2, -0.15) is 5.26 Å². The number of rotatable bonds is 2. The first-order chi connectivity index (χ1) is 7.74. The molecule has 0 spiro atoms. The van der Waals surface area contributed by atoms with Crippen LogP contribution in [-0.4, -0.2) is 0 Å². The van der Waals surface area contributed by atoms with Gasteiger partial charge in [-0.3, -0.25) is 0 Å². The second kappa shape index (κ2) is 5.72. The van der Waals surface area contributed by atoms with Crippen molar-refractivity contribution in [2.45, 2.75) is 12.8 Å². The summed E-state index contributed by atoms with van der Waals surface area (Å²) in [6.07, 6.45) is 0. The summed E-state index contributed by atoms with van der Waals surface area (Å²) in [5.74, 6) is 0.169. The van der Waals surface area contributed by atoms with Crippen LogP contribution in [0.25, 0.3) is 0 Å². The molecule has 0 amide bonds. The largest absolute Gasteiger partial charge is 0.398 e. The van der Waals surface area contributed by atoms with Gasteiger partial charge < -0.3 is 5.73 Å². The number of nitriles is 1. The minimum absolute atomic E-state index is 0. The molecule has 4 heteroatoms. The highest BCUT2D eigenvalue weighted by Crippen LogP contribution is 2.32. The first-order valence-electron chi connectivity index (χ1n) is 5.06. The van der Waals surface area contributed by atoms with Crippen LogP contribution in [0.2, 0.25) is 0 Å². The number of para-hydroxylation sites is 1. The van der Waals surface area contributed by atoms with Gasteiger partial charge in [-0.25, -0.2) is 0 Å². The van der Waals surface area contributed by atoms with E-state index in [1.807, 2.05) is 35.7 Å². The van der Waals surface area contributed by atoms with Gasteiger partial charge in [-0.05, 0) is 28.6 Å². The quantitative estimate of drug-likeness (QED) is 0.840. The van der Waals surface area contributed by atoms with Crippen molar-refractivity contribution in [3.05, 3.63) is 51.7 Å². The highest BCUT2D eigenvalue weighted by molar-refractivity contribution is 7.10. The number of thiophene rings is 1. The van der Waals surface area contributed by atoms with E-state index in [0.717, 1.165) is 21.7 Å². The zero-order chi connectivity index (χ0) is 11.5. The van der Waals surface area contributed by atoms with Crippen molar-refractivity contribution < 1.29 is 0 Å². The third kappa shape index (κ3) is 2.60. The number of nitrogens with zero attached hydrogens (tertiary/aromatic N) is 1. The zero-order valence-corrected chi connectivity index (χ0v) is 11.0. The van der Waals surface area contributed by atoms with E-state index in [9.17, 15) is 0 Å². The Morgan fingerprint density at radius 3 is 2.59 bits per heavy atom. The predicted octanol–water partition coefficient (Wildman–Crippen LogP) is 3.78. The maximum atomic E-state index is 9.00. The lowest BCUT2D eigenvalue weighted by molar-refractivity contribution is 0.929. The fraction of sp³-hybridized carbons (Fsp3) is 0.154. The number of halogens is 1. The number of benzene rings is 1. The van der Waals surface area contributed by atoms with E-state index in [1.165, 1.54) is 11.3 Å². The maximum absolute atomic E-state index is 9.00. The molecule has 1 atom stereocenters. The van der Waals surface area contributed by atoms with Gasteiger partial charge in [0.05, 0.1) is 0 Å². The lowest BCUT2D eigenvalue weighted by Crippen LogP contribution is -2.00. The van der Waals surface area contributed by atoms with Crippen LogP contribution in [0.1, 0.15) is 28.8 Å². The number of nitrogens with two attached hydrogens (primary N) is 1. The number of hydrogen-bond donors (Lipinski definition) is 1. The second-order valence-corrected chi connectivity index (χ2v) is 4.58. The summed E-state index contributed by atoms with van der Waals surface area (Å²) in [6.45, 7) is 2.08. The fourth-order valence-corrected chi connectivity index (χ4v) is 2.61. The lowest BCUT2D eigenvalue weighted by Gasteiger charge is -2.13. The molecule has 1 unspecified atom stereocenters. The minimum atomic E-state index is 0.